The summed E-state index contributed by atoms with van der Waals surface area (Å²) in [4.78, 5) is 12.1. The number of hydrogen-bond acceptors (Lipinski definition) is 3. The van der Waals surface area contributed by atoms with Gasteiger partial charge >= 0.3 is 0 Å². The van der Waals surface area contributed by atoms with Crippen LogP contribution in [0.3, 0.4) is 0 Å². The lowest BCUT2D eigenvalue weighted by atomic mass is 10.1. The number of aromatic nitrogens is 3. The Kier molecular flexibility index (Phi) is 3.81. The van der Waals surface area contributed by atoms with Crippen molar-refractivity contribution in [2.45, 2.75) is 12.5 Å². The first-order valence-electron chi connectivity index (χ1n) is 7.99. The highest BCUT2D eigenvalue weighted by atomic mass is 15.0. The number of nitrogens with zero attached hydrogens (tertiary/aromatic N) is 2. The van der Waals surface area contributed by atoms with Crippen LogP contribution in [0.1, 0.15) is 17.4 Å². The summed E-state index contributed by atoms with van der Waals surface area (Å²) in [5.41, 5.74) is 11.7. The predicted octanol–water partition coefficient (Wildman–Crippen LogP) is 3.87. The van der Waals surface area contributed by atoms with Crippen LogP contribution in [0.4, 0.5) is 0 Å². The Morgan fingerprint density at radius 2 is 1.71 bits per heavy atom. The molecule has 4 heteroatoms. The van der Waals surface area contributed by atoms with E-state index in [0.29, 0.717) is 0 Å². The molecular formula is C20H18N4. The Morgan fingerprint density at radius 1 is 0.917 bits per heavy atom. The molecule has 0 amide bonds. The van der Waals surface area contributed by atoms with Crippen molar-refractivity contribution in [2.75, 3.05) is 0 Å². The van der Waals surface area contributed by atoms with Crippen LogP contribution in [0, 0.1) is 0 Å². The Labute approximate surface area is 140 Å². The molecule has 4 rings (SSSR count). The number of rotatable bonds is 4. The van der Waals surface area contributed by atoms with Gasteiger partial charge in [0.25, 0.3) is 0 Å². The highest BCUT2D eigenvalue weighted by Crippen LogP contribution is 2.24. The molecule has 2 aromatic heterocycles. The first-order valence-corrected chi connectivity index (χ1v) is 7.99. The van der Waals surface area contributed by atoms with Crippen molar-refractivity contribution in [1.29, 1.82) is 0 Å². The summed E-state index contributed by atoms with van der Waals surface area (Å²) in [6.07, 6.45) is 4.36. The minimum absolute atomic E-state index is 0.149. The molecule has 0 aliphatic heterocycles. The lowest BCUT2D eigenvalue weighted by molar-refractivity contribution is 0.680. The Balaban J connectivity index is 1.63. The van der Waals surface area contributed by atoms with Gasteiger partial charge in [-0.15, -0.1) is 0 Å². The van der Waals surface area contributed by atoms with E-state index >= 15 is 0 Å². The van der Waals surface area contributed by atoms with Gasteiger partial charge in [0.2, 0.25) is 0 Å². The minimum Gasteiger partial charge on any atom is -0.341 e. The Hall–Kier alpha value is -2.98. The van der Waals surface area contributed by atoms with Gasteiger partial charge in [0.15, 0.2) is 0 Å². The number of imidazole rings is 1. The van der Waals surface area contributed by atoms with Gasteiger partial charge in [0.1, 0.15) is 5.82 Å². The second-order valence-electron chi connectivity index (χ2n) is 5.89. The van der Waals surface area contributed by atoms with Gasteiger partial charge in [-0.3, -0.25) is 4.98 Å². The van der Waals surface area contributed by atoms with Gasteiger partial charge in [-0.25, -0.2) is 4.98 Å². The second-order valence-corrected chi connectivity index (χ2v) is 5.89. The maximum atomic E-state index is 6.34. The van der Waals surface area contributed by atoms with Crippen LogP contribution < -0.4 is 5.73 Å². The Bertz CT molecular complexity index is 945. The number of nitrogens with one attached hydrogen (secondary N) is 1. The molecule has 24 heavy (non-hydrogen) atoms. The van der Waals surface area contributed by atoms with E-state index in [0.717, 1.165) is 34.4 Å². The molecule has 1 atom stereocenters. The summed E-state index contributed by atoms with van der Waals surface area (Å²) in [5, 5.41) is 0. The highest BCUT2D eigenvalue weighted by molar-refractivity contribution is 5.82. The van der Waals surface area contributed by atoms with Crippen LogP contribution in [0.2, 0.25) is 0 Å². The molecule has 0 unspecified atom stereocenters. The summed E-state index contributed by atoms with van der Waals surface area (Å²) >= 11 is 0. The topological polar surface area (TPSA) is 67.6 Å². The van der Waals surface area contributed by atoms with Crippen LogP contribution in [-0.4, -0.2) is 15.0 Å². The fourth-order valence-corrected chi connectivity index (χ4v) is 2.89. The number of aromatic amines is 1. The van der Waals surface area contributed by atoms with Crippen molar-refractivity contribution in [3.05, 3.63) is 84.4 Å². The zero-order chi connectivity index (χ0) is 16.4. The smallest absolute Gasteiger partial charge is 0.124 e. The number of fused-ring (bicyclic) bond motifs is 1. The second kappa shape index (κ2) is 6.26. The average Bonchev–Trinajstić information content (AvgIpc) is 3.07. The van der Waals surface area contributed by atoms with Crippen LogP contribution in [-0.2, 0) is 6.42 Å². The third kappa shape index (κ3) is 2.92. The molecule has 0 bridgehead atoms. The summed E-state index contributed by atoms with van der Waals surface area (Å²) in [5.74, 6) is 0.820. The molecule has 0 saturated carbocycles. The predicted molar refractivity (Wildman–Crippen MR) is 96.4 cm³/mol. The van der Waals surface area contributed by atoms with E-state index in [9.17, 15) is 0 Å². The summed E-state index contributed by atoms with van der Waals surface area (Å²) in [7, 11) is 0. The summed E-state index contributed by atoms with van der Waals surface area (Å²) in [6.45, 7) is 0. The van der Waals surface area contributed by atoms with E-state index in [-0.39, 0.29) is 6.04 Å². The average molecular weight is 314 g/mol. The van der Waals surface area contributed by atoms with Crippen molar-refractivity contribution in [3.63, 3.8) is 0 Å². The van der Waals surface area contributed by atoms with Gasteiger partial charge < -0.3 is 10.7 Å². The van der Waals surface area contributed by atoms with Crippen molar-refractivity contribution in [2.24, 2.45) is 5.73 Å². The molecule has 0 fully saturated rings. The number of pyridine rings is 1. The number of benzene rings is 2. The van der Waals surface area contributed by atoms with Gasteiger partial charge in [0, 0.05) is 12.4 Å². The highest BCUT2D eigenvalue weighted by Gasteiger charge is 2.12. The molecule has 0 saturated heterocycles. The van der Waals surface area contributed by atoms with Gasteiger partial charge in [0.05, 0.1) is 17.1 Å². The SMILES string of the molecule is N[C@H](Cc1ccccc1)c1nc2cc(-c3ccncc3)ccc2[nH]1. The lowest BCUT2D eigenvalue weighted by Gasteiger charge is -2.08. The quantitative estimate of drug-likeness (QED) is 0.601. The minimum atomic E-state index is -0.149. The molecule has 2 heterocycles. The molecule has 2 aromatic carbocycles. The monoisotopic (exact) mass is 314 g/mol. The Morgan fingerprint density at radius 3 is 2.50 bits per heavy atom. The number of nitrogens with two attached hydrogens (primary N) is 1. The number of hydrogen-bond donors (Lipinski definition) is 2. The molecule has 0 aliphatic carbocycles. The van der Waals surface area contributed by atoms with E-state index in [1.807, 2.05) is 30.3 Å². The normalized spacial score (nSPS) is 12.4. The summed E-state index contributed by atoms with van der Waals surface area (Å²) in [6, 6.07) is 20.3. The van der Waals surface area contributed by atoms with E-state index in [2.05, 4.69) is 40.3 Å². The van der Waals surface area contributed by atoms with Crippen LogP contribution >= 0.6 is 0 Å². The van der Waals surface area contributed by atoms with E-state index < -0.39 is 0 Å². The molecule has 118 valence electrons. The van der Waals surface area contributed by atoms with Crippen molar-refractivity contribution in [1.82, 2.24) is 15.0 Å². The molecule has 0 aliphatic rings. The molecule has 0 radical (unpaired) electrons. The standard InChI is InChI=1S/C20H18N4/c21-17(12-14-4-2-1-3-5-14)20-23-18-7-6-16(13-19(18)24-20)15-8-10-22-11-9-15/h1-11,13,17H,12,21H2,(H,23,24)/t17-/m1/s1. The van der Waals surface area contributed by atoms with Gasteiger partial charge in [-0.1, -0.05) is 36.4 Å². The van der Waals surface area contributed by atoms with E-state index in [1.54, 1.807) is 12.4 Å². The molecular weight excluding hydrogens is 296 g/mol. The van der Waals surface area contributed by atoms with Crippen molar-refractivity contribution < 1.29 is 0 Å². The van der Waals surface area contributed by atoms with Crippen LogP contribution in [0.25, 0.3) is 22.2 Å². The maximum absolute atomic E-state index is 6.34. The van der Waals surface area contributed by atoms with E-state index in [1.165, 1.54) is 5.56 Å². The zero-order valence-corrected chi connectivity index (χ0v) is 13.2. The zero-order valence-electron chi connectivity index (χ0n) is 13.2. The molecule has 0 spiro atoms. The molecule has 4 aromatic rings. The fourth-order valence-electron chi connectivity index (χ4n) is 2.89. The van der Waals surface area contributed by atoms with Crippen LogP contribution in [0.5, 0.6) is 0 Å². The van der Waals surface area contributed by atoms with E-state index in [4.69, 9.17) is 10.7 Å². The maximum Gasteiger partial charge on any atom is 0.124 e. The first-order chi connectivity index (χ1) is 11.8. The van der Waals surface area contributed by atoms with Gasteiger partial charge in [-0.2, -0.15) is 0 Å². The summed E-state index contributed by atoms with van der Waals surface area (Å²) < 4.78 is 0. The molecule has 4 nitrogen and oxygen atoms in total. The largest absolute Gasteiger partial charge is 0.341 e. The van der Waals surface area contributed by atoms with Crippen LogP contribution in [0.15, 0.2) is 73.1 Å². The van der Waals surface area contributed by atoms with Gasteiger partial charge in [-0.05, 0) is 47.4 Å². The molecule has 3 N–H and O–H groups in total. The van der Waals surface area contributed by atoms with Crippen molar-refractivity contribution in [3.8, 4) is 11.1 Å². The first kappa shape index (κ1) is 14.6. The lowest BCUT2D eigenvalue weighted by Crippen LogP contribution is -2.14. The fraction of sp³-hybridized carbons (Fsp3) is 0.100. The third-order valence-corrected chi connectivity index (χ3v) is 4.16. The van der Waals surface area contributed by atoms with Crippen molar-refractivity contribution >= 4 is 11.0 Å². The number of H-pyrrole nitrogens is 1. The third-order valence-electron chi connectivity index (χ3n) is 4.16.